The van der Waals surface area contributed by atoms with Gasteiger partial charge in [-0.05, 0) is 34.4 Å². The normalized spacial score (nSPS) is 11.8. The number of hydrogen-bond acceptors (Lipinski definition) is 2. The van der Waals surface area contributed by atoms with Crippen LogP contribution in [0.2, 0.25) is 0 Å². The highest BCUT2D eigenvalue weighted by Crippen LogP contribution is 2.45. The molecule has 0 aliphatic carbocycles. The zero-order chi connectivity index (χ0) is 16.3. The van der Waals surface area contributed by atoms with Crippen LogP contribution in [0.15, 0.2) is 60.7 Å². The van der Waals surface area contributed by atoms with Gasteiger partial charge in [0.15, 0.2) is 0 Å². The lowest BCUT2D eigenvalue weighted by Crippen LogP contribution is -1.92. The van der Waals surface area contributed by atoms with Crippen LogP contribution in [0.25, 0.3) is 43.1 Å². The molecule has 24 heavy (non-hydrogen) atoms. The SMILES string of the molecule is COc1ccc2ccc3c(OC)c4ccccc4c4ccc1c2c34. The van der Waals surface area contributed by atoms with Crippen LogP contribution < -0.4 is 9.47 Å². The van der Waals surface area contributed by atoms with E-state index < -0.39 is 0 Å². The maximum atomic E-state index is 5.81. The van der Waals surface area contributed by atoms with Crippen LogP contribution in [-0.4, -0.2) is 14.2 Å². The monoisotopic (exact) mass is 312 g/mol. The van der Waals surface area contributed by atoms with Gasteiger partial charge < -0.3 is 9.47 Å². The van der Waals surface area contributed by atoms with Gasteiger partial charge in [0.1, 0.15) is 11.5 Å². The van der Waals surface area contributed by atoms with Crippen LogP contribution >= 0.6 is 0 Å². The fourth-order valence-corrected chi connectivity index (χ4v) is 3.99. The van der Waals surface area contributed by atoms with E-state index in [1.165, 1.54) is 26.9 Å². The van der Waals surface area contributed by atoms with Crippen molar-refractivity contribution >= 4 is 43.1 Å². The summed E-state index contributed by atoms with van der Waals surface area (Å²) >= 11 is 0. The Labute approximate surface area is 139 Å². The van der Waals surface area contributed by atoms with Gasteiger partial charge in [-0.2, -0.15) is 0 Å². The molecule has 0 N–H and O–H groups in total. The Bertz CT molecular complexity index is 1220. The Balaban J connectivity index is 2.17. The lowest BCUT2D eigenvalue weighted by Gasteiger charge is -2.17. The molecule has 5 aromatic carbocycles. The quantitative estimate of drug-likeness (QED) is 0.305. The number of methoxy groups -OCH3 is 2. The van der Waals surface area contributed by atoms with Gasteiger partial charge >= 0.3 is 0 Å². The predicted octanol–water partition coefficient (Wildman–Crippen LogP) is 5.75. The largest absolute Gasteiger partial charge is 0.496 e. The predicted molar refractivity (Wildman–Crippen MR) is 101 cm³/mol. The van der Waals surface area contributed by atoms with Crippen LogP contribution in [0, 0.1) is 0 Å². The Morgan fingerprint density at radius 2 is 1.25 bits per heavy atom. The Kier molecular flexibility index (Phi) is 2.66. The summed E-state index contributed by atoms with van der Waals surface area (Å²) in [6.07, 6.45) is 0. The summed E-state index contributed by atoms with van der Waals surface area (Å²) in [7, 11) is 3.47. The van der Waals surface area contributed by atoms with E-state index in [1.807, 2.05) is 6.07 Å². The van der Waals surface area contributed by atoms with Crippen LogP contribution in [0.1, 0.15) is 0 Å². The number of ether oxygens (including phenoxy) is 2. The zero-order valence-corrected chi connectivity index (χ0v) is 13.6. The van der Waals surface area contributed by atoms with Crippen LogP contribution in [0.4, 0.5) is 0 Å². The summed E-state index contributed by atoms with van der Waals surface area (Å²) in [6, 6.07) is 21.3. The molecule has 0 aliphatic heterocycles. The molecule has 0 spiro atoms. The van der Waals surface area contributed by atoms with Crippen molar-refractivity contribution in [3.8, 4) is 11.5 Å². The van der Waals surface area contributed by atoms with E-state index in [-0.39, 0.29) is 0 Å². The maximum Gasteiger partial charge on any atom is 0.134 e. The van der Waals surface area contributed by atoms with Crippen molar-refractivity contribution in [2.45, 2.75) is 0 Å². The molecule has 0 unspecified atom stereocenters. The second kappa shape index (κ2) is 4.75. The van der Waals surface area contributed by atoms with E-state index in [4.69, 9.17) is 9.47 Å². The smallest absolute Gasteiger partial charge is 0.134 e. The van der Waals surface area contributed by atoms with Crippen LogP contribution in [0.3, 0.4) is 0 Å². The van der Waals surface area contributed by atoms with Gasteiger partial charge in [-0.3, -0.25) is 0 Å². The second-order valence-electron chi connectivity index (χ2n) is 6.09. The molecule has 116 valence electrons. The van der Waals surface area contributed by atoms with Gasteiger partial charge in [0, 0.05) is 26.9 Å². The highest BCUT2D eigenvalue weighted by molar-refractivity contribution is 6.31. The fourth-order valence-electron chi connectivity index (χ4n) is 3.99. The van der Waals surface area contributed by atoms with Crippen molar-refractivity contribution in [3.63, 3.8) is 0 Å². The molecule has 0 bridgehead atoms. The minimum absolute atomic E-state index is 0.907. The second-order valence-corrected chi connectivity index (χ2v) is 6.09. The summed E-state index contributed by atoms with van der Waals surface area (Å²) in [5.74, 6) is 1.85. The lowest BCUT2D eigenvalue weighted by atomic mass is 9.90. The van der Waals surface area contributed by atoms with Gasteiger partial charge in [-0.15, -0.1) is 0 Å². The number of rotatable bonds is 2. The summed E-state index contributed by atoms with van der Waals surface area (Å²) in [4.78, 5) is 0. The molecule has 2 heteroatoms. The Morgan fingerprint density at radius 3 is 2.04 bits per heavy atom. The number of benzene rings is 5. The molecule has 0 fully saturated rings. The summed E-state index contributed by atoms with van der Waals surface area (Å²) in [5, 5.41) is 9.64. The molecule has 0 saturated carbocycles. The molecule has 0 aromatic heterocycles. The first-order valence-corrected chi connectivity index (χ1v) is 8.03. The number of fused-ring (bicyclic) bond motifs is 2. The minimum Gasteiger partial charge on any atom is -0.496 e. The first-order chi connectivity index (χ1) is 11.8. The Hall–Kier alpha value is -3.00. The average Bonchev–Trinajstić information content (AvgIpc) is 2.65. The molecular weight excluding hydrogens is 296 g/mol. The highest BCUT2D eigenvalue weighted by atomic mass is 16.5. The average molecular weight is 312 g/mol. The Morgan fingerprint density at radius 1 is 0.542 bits per heavy atom. The summed E-state index contributed by atoms with van der Waals surface area (Å²) in [5.41, 5.74) is 0. The van der Waals surface area contributed by atoms with Gasteiger partial charge in [-0.1, -0.05) is 42.5 Å². The van der Waals surface area contributed by atoms with Gasteiger partial charge in [0.05, 0.1) is 14.2 Å². The maximum absolute atomic E-state index is 5.81. The number of hydrogen-bond donors (Lipinski definition) is 0. The summed E-state index contributed by atoms with van der Waals surface area (Å²) in [6.45, 7) is 0. The molecule has 5 aromatic rings. The van der Waals surface area contributed by atoms with Crippen molar-refractivity contribution in [2.24, 2.45) is 0 Å². The standard InChI is InChI=1S/C22H16O2/c1-23-19-12-8-13-7-9-18-21-15(10-11-17(19)20(13)21)14-5-3-4-6-16(14)22(18)24-2/h3-12H,1-2H3. The molecule has 0 amide bonds. The van der Waals surface area contributed by atoms with Gasteiger partial charge in [0.25, 0.3) is 0 Å². The third-order valence-electron chi connectivity index (χ3n) is 5.00. The van der Waals surface area contributed by atoms with Crippen molar-refractivity contribution in [1.82, 2.24) is 0 Å². The fraction of sp³-hybridized carbons (Fsp3) is 0.0909. The van der Waals surface area contributed by atoms with E-state index in [0.717, 1.165) is 27.7 Å². The van der Waals surface area contributed by atoms with E-state index in [9.17, 15) is 0 Å². The molecule has 0 heterocycles. The van der Waals surface area contributed by atoms with E-state index >= 15 is 0 Å². The van der Waals surface area contributed by atoms with Crippen LogP contribution in [-0.2, 0) is 0 Å². The highest BCUT2D eigenvalue weighted by Gasteiger charge is 2.17. The van der Waals surface area contributed by atoms with E-state index in [0.29, 0.717) is 0 Å². The van der Waals surface area contributed by atoms with E-state index in [1.54, 1.807) is 14.2 Å². The van der Waals surface area contributed by atoms with Crippen molar-refractivity contribution in [3.05, 3.63) is 60.7 Å². The molecule has 0 radical (unpaired) electrons. The van der Waals surface area contributed by atoms with Crippen molar-refractivity contribution in [1.29, 1.82) is 0 Å². The third kappa shape index (κ3) is 1.55. The van der Waals surface area contributed by atoms with Crippen molar-refractivity contribution < 1.29 is 9.47 Å². The first-order valence-electron chi connectivity index (χ1n) is 8.03. The first kappa shape index (κ1) is 13.4. The third-order valence-corrected chi connectivity index (χ3v) is 5.00. The lowest BCUT2D eigenvalue weighted by molar-refractivity contribution is 0.420. The zero-order valence-electron chi connectivity index (χ0n) is 13.6. The van der Waals surface area contributed by atoms with Gasteiger partial charge in [0.2, 0.25) is 0 Å². The molecule has 5 rings (SSSR count). The molecule has 0 atom stereocenters. The molecular formula is C22H16O2. The van der Waals surface area contributed by atoms with Crippen LogP contribution in [0.5, 0.6) is 11.5 Å². The topological polar surface area (TPSA) is 18.5 Å². The van der Waals surface area contributed by atoms with Gasteiger partial charge in [-0.25, -0.2) is 0 Å². The van der Waals surface area contributed by atoms with Crippen molar-refractivity contribution in [2.75, 3.05) is 14.2 Å². The molecule has 0 aliphatic rings. The molecule has 0 saturated heterocycles. The summed E-state index contributed by atoms with van der Waals surface area (Å²) < 4.78 is 11.4. The minimum atomic E-state index is 0.907. The molecule has 2 nitrogen and oxygen atoms in total. The van der Waals surface area contributed by atoms with E-state index in [2.05, 4.69) is 54.6 Å².